The molecule has 1 aromatic carbocycles. The summed E-state index contributed by atoms with van der Waals surface area (Å²) in [5, 5.41) is 9.99. The molecule has 2 heterocycles. The number of hydrogen-bond acceptors (Lipinski definition) is 3. The van der Waals surface area contributed by atoms with Crippen molar-refractivity contribution in [1.29, 1.82) is 5.26 Å². The fourth-order valence-corrected chi connectivity index (χ4v) is 2.04. The molecule has 0 amide bonds. The maximum atomic E-state index is 8.89. The number of aryl methyl sites for hydroxylation is 1. The molecule has 0 N–H and O–H groups in total. The zero-order valence-electron chi connectivity index (χ0n) is 10.5. The van der Waals surface area contributed by atoms with Gasteiger partial charge in [0.2, 0.25) is 0 Å². The second-order valence-corrected chi connectivity index (χ2v) is 4.38. The van der Waals surface area contributed by atoms with Gasteiger partial charge in [-0.2, -0.15) is 5.26 Å². The third-order valence-electron chi connectivity index (χ3n) is 2.99. The number of benzene rings is 1. The summed E-state index contributed by atoms with van der Waals surface area (Å²) in [6.07, 6.45) is 0. The van der Waals surface area contributed by atoms with Gasteiger partial charge in [0.1, 0.15) is 11.8 Å². The van der Waals surface area contributed by atoms with Crippen molar-refractivity contribution in [2.75, 3.05) is 0 Å². The van der Waals surface area contributed by atoms with E-state index in [1.807, 2.05) is 43.3 Å². The predicted octanol–water partition coefficient (Wildman–Crippen LogP) is 3.48. The first kappa shape index (κ1) is 11.4. The average Bonchev–Trinajstić information content (AvgIpc) is 2.46. The Balaban J connectivity index is 2.17. The molecule has 0 aliphatic carbocycles. The summed E-state index contributed by atoms with van der Waals surface area (Å²) >= 11 is 0. The molecule has 0 saturated heterocycles. The van der Waals surface area contributed by atoms with Gasteiger partial charge in [-0.1, -0.05) is 24.3 Å². The molecular formula is C16H11N3. The number of rotatable bonds is 1. The summed E-state index contributed by atoms with van der Waals surface area (Å²) in [7, 11) is 0. The molecule has 2 aromatic heterocycles. The van der Waals surface area contributed by atoms with Crippen molar-refractivity contribution in [2.45, 2.75) is 6.92 Å². The second-order valence-electron chi connectivity index (χ2n) is 4.38. The van der Waals surface area contributed by atoms with Gasteiger partial charge in [0.05, 0.1) is 11.2 Å². The summed E-state index contributed by atoms with van der Waals surface area (Å²) < 4.78 is 0. The van der Waals surface area contributed by atoms with Crippen molar-refractivity contribution in [3.8, 4) is 17.3 Å². The van der Waals surface area contributed by atoms with Crippen LogP contribution in [0.5, 0.6) is 0 Å². The van der Waals surface area contributed by atoms with E-state index in [0.29, 0.717) is 5.69 Å². The molecule has 0 saturated carbocycles. The Morgan fingerprint density at radius 3 is 2.68 bits per heavy atom. The van der Waals surface area contributed by atoms with Crippen molar-refractivity contribution in [2.24, 2.45) is 0 Å². The molecule has 0 fully saturated rings. The maximum Gasteiger partial charge on any atom is 0.141 e. The third kappa shape index (κ3) is 2.16. The van der Waals surface area contributed by atoms with Crippen molar-refractivity contribution in [3.63, 3.8) is 0 Å². The average molecular weight is 245 g/mol. The SMILES string of the molecule is Cc1ccc2ccc(-c3cccc(C#N)n3)cc2n1. The van der Waals surface area contributed by atoms with Crippen LogP contribution < -0.4 is 0 Å². The molecule has 0 atom stereocenters. The Morgan fingerprint density at radius 1 is 1.00 bits per heavy atom. The van der Waals surface area contributed by atoms with E-state index in [2.05, 4.69) is 22.1 Å². The molecular weight excluding hydrogens is 234 g/mol. The molecule has 0 bridgehead atoms. The highest BCUT2D eigenvalue weighted by Gasteiger charge is 2.03. The maximum absolute atomic E-state index is 8.89. The molecule has 90 valence electrons. The minimum absolute atomic E-state index is 0.426. The van der Waals surface area contributed by atoms with Gasteiger partial charge in [-0.25, -0.2) is 4.98 Å². The number of nitriles is 1. The molecule has 19 heavy (non-hydrogen) atoms. The van der Waals surface area contributed by atoms with E-state index in [1.54, 1.807) is 6.07 Å². The van der Waals surface area contributed by atoms with Crippen molar-refractivity contribution < 1.29 is 0 Å². The minimum Gasteiger partial charge on any atom is -0.253 e. The van der Waals surface area contributed by atoms with E-state index in [9.17, 15) is 0 Å². The first-order valence-corrected chi connectivity index (χ1v) is 6.01. The normalized spacial score (nSPS) is 10.3. The number of nitrogens with zero attached hydrogens (tertiary/aromatic N) is 3. The number of aromatic nitrogens is 2. The van der Waals surface area contributed by atoms with Crippen molar-refractivity contribution in [1.82, 2.24) is 9.97 Å². The third-order valence-corrected chi connectivity index (χ3v) is 2.99. The van der Waals surface area contributed by atoms with Gasteiger partial charge in [0.25, 0.3) is 0 Å². The zero-order valence-corrected chi connectivity index (χ0v) is 10.5. The predicted molar refractivity (Wildman–Crippen MR) is 74.4 cm³/mol. The van der Waals surface area contributed by atoms with Crippen LogP contribution >= 0.6 is 0 Å². The number of hydrogen-bond donors (Lipinski definition) is 0. The molecule has 3 nitrogen and oxygen atoms in total. The number of pyridine rings is 2. The fourth-order valence-electron chi connectivity index (χ4n) is 2.04. The van der Waals surface area contributed by atoms with Crippen LogP contribution in [0.2, 0.25) is 0 Å². The number of fused-ring (bicyclic) bond motifs is 1. The molecule has 3 heteroatoms. The minimum atomic E-state index is 0.426. The van der Waals surface area contributed by atoms with Gasteiger partial charge in [0, 0.05) is 16.6 Å². The van der Waals surface area contributed by atoms with Crippen LogP contribution in [0.4, 0.5) is 0 Å². The van der Waals surface area contributed by atoms with Crippen LogP contribution in [0.15, 0.2) is 48.5 Å². The van der Waals surface area contributed by atoms with E-state index >= 15 is 0 Å². The summed E-state index contributed by atoms with van der Waals surface area (Å²) in [6, 6.07) is 17.6. The van der Waals surface area contributed by atoms with E-state index in [0.717, 1.165) is 27.9 Å². The van der Waals surface area contributed by atoms with Crippen molar-refractivity contribution in [3.05, 3.63) is 59.9 Å². The summed E-state index contributed by atoms with van der Waals surface area (Å²) in [4.78, 5) is 8.81. The zero-order chi connectivity index (χ0) is 13.2. The Hall–Kier alpha value is -2.73. The lowest BCUT2D eigenvalue weighted by Gasteiger charge is -2.04. The summed E-state index contributed by atoms with van der Waals surface area (Å²) in [5.41, 5.74) is 4.13. The molecule has 0 unspecified atom stereocenters. The van der Waals surface area contributed by atoms with E-state index in [4.69, 9.17) is 5.26 Å². The highest BCUT2D eigenvalue weighted by Crippen LogP contribution is 2.22. The molecule has 0 aliphatic rings. The van der Waals surface area contributed by atoms with Crippen molar-refractivity contribution >= 4 is 10.9 Å². The standard InChI is InChI=1S/C16H11N3/c1-11-5-6-12-7-8-13(9-16(12)18-11)15-4-2-3-14(10-17)19-15/h2-9H,1H3. The van der Waals surface area contributed by atoms with E-state index < -0.39 is 0 Å². The van der Waals surface area contributed by atoms with Gasteiger partial charge >= 0.3 is 0 Å². The summed E-state index contributed by atoms with van der Waals surface area (Å²) in [6.45, 7) is 1.97. The Kier molecular flexibility index (Phi) is 2.70. The van der Waals surface area contributed by atoms with Gasteiger partial charge in [-0.15, -0.1) is 0 Å². The lowest BCUT2D eigenvalue weighted by atomic mass is 10.1. The van der Waals surface area contributed by atoms with Gasteiger partial charge in [-0.05, 0) is 31.2 Å². The molecule has 0 aliphatic heterocycles. The fraction of sp³-hybridized carbons (Fsp3) is 0.0625. The largest absolute Gasteiger partial charge is 0.253 e. The van der Waals surface area contributed by atoms with Gasteiger partial charge in [0.15, 0.2) is 0 Å². The van der Waals surface area contributed by atoms with Crippen LogP contribution in [0.1, 0.15) is 11.4 Å². The lowest BCUT2D eigenvalue weighted by Crippen LogP contribution is -1.88. The molecule has 0 spiro atoms. The van der Waals surface area contributed by atoms with Crippen LogP contribution in [0, 0.1) is 18.3 Å². The highest BCUT2D eigenvalue weighted by molar-refractivity contribution is 5.83. The topological polar surface area (TPSA) is 49.6 Å². The van der Waals surface area contributed by atoms with Crippen LogP contribution in [-0.2, 0) is 0 Å². The Bertz CT molecular complexity index is 800. The van der Waals surface area contributed by atoms with Crippen LogP contribution in [0.25, 0.3) is 22.2 Å². The lowest BCUT2D eigenvalue weighted by molar-refractivity contribution is 1.25. The quantitative estimate of drug-likeness (QED) is 0.659. The molecule has 3 rings (SSSR count). The molecule has 3 aromatic rings. The first-order chi connectivity index (χ1) is 9.26. The smallest absolute Gasteiger partial charge is 0.141 e. The monoisotopic (exact) mass is 245 g/mol. The second kappa shape index (κ2) is 4.51. The Labute approximate surface area is 111 Å². The van der Waals surface area contributed by atoms with Crippen LogP contribution in [-0.4, -0.2) is 9.97 Å². The summed E-state index contributed by atoms with van der Waals surface area (Å²) in [5.74, 6) is 0. The first-order valence-electron chi connectivity index (χ1n) is 6.01. The van der Waals surface area contributed by atoms with Gasteiger partial charge < -0.3 is 0 Å². The highest BCUT2D eigenvalue weighted by atomic mass is 14.7. The van der Waals surface area contributed by atoms with Gasteiger partial charge in [-0.3, -0.25) is 4.98 Å². The van der Waals surface area contributed by atoms with E-state index in [1.165, 1.54) is 0 Å². The molecule has 0 radical (unpaired) electrons. The Morgan fingerprint density at radius 2 is 1.84 bits per heavy atom. The van der Waals surface area contributed by atoms with Crippen LogP contribution in [0.3, 0.4) is 0 Å². The van der Waals surface area contributed by atoms with E-state index in [-0.39, 0.29) is 0 Å².